The summed E-state index contributed by atoms with van der Waals surface area (Å²) in [4.78, 5) is 29.5. The molecule has 4 aromatic rings. The van der Waals surface area contributed by atoms with Gasteiger partial charge in [-0.1, -0.05) is 36.3 Å². The zero-order valence-electron chi connectivity index (χ0n) is 16.5. The molecular weight excluding hydrogens is 388 g/mol. The Morgan fingerprint density at radius 3 is 2.68 bits per heavy atom. The first-order valence-electron chi connectivity index (χ1n) is 9.58. The molecule has 0 aliphatic rings. The molecule has 0 aliphatic heterocycles. The molecular formula is C25H18N4O2. The minimum absolute atomic E-state index is 0.129. The molecule has 0 spiro atoms. The minimum Gasteiger partial charge on any atom is -0.341 e. The fourth-order valence-corrected chi connectivity index (χ4v) is 3.12. The van der Waals surface area contributed by atoms with Crippen LogP contribution in [0.5, 0.6) is 0 Å². The van der Waals surface area contributed by atoms with Gasteiger partial charge in [0.15, 0.2) is 5.78 Å². The molecule has 1 N–H and O–H groups in total. The maximum absolute atomic E-state index is 13.1. The van der Waals surface area contributed by atoms with Crippen LogP contribution in [-0.4, -0.2) is 33.0 Å². The van der Waals surface area contributed by atoms with E-state index in [-0.39, 0.29) is 18.2 Å². The molecule has 0 radical (unpaired) electrons. The highest BCUT2D eigenvalue weighted by Crippen LogP contribution is 2.19. The summed E-state index contributed by atoms with van der Waals surface area (Å²) in [7, 11) is 0. The largest absolute Gasteiger partial charge is 0.341 e. The van der Waals surface area contributed by atoms with Gasteiger partial charge in [-0.2, -0.15) is 5.10 Å². The van der Waals surface area contributed by atoms with E-state index in [2.05, 4.69) is 21.3 Å². The van der Waals surface area contributed by atoms with E-state index in [0.717, 1.165) is 16.6 Å². The first-order chi connectivity index (χ1) is 15.2. The Hall–Kier alpha value is -4.50. The van der Waals surface area contributed by atoms with E-state index in [0.29, 0.717) is 16.7 Å². The van der Waals surface area contributed by atoms with Crippen LogP contribution in [0.4, 0.5) is 0 Å². The van der Waals surface area contributed by atoms with Gasteiger partial charge in [0.25, 0.3) is 5.91 Å². The standard InChI is InChI=1S/C25H18N4O2/c1-2-12-27-25(31)20-7-5-6-18(15-20)24(30)19-9-10-21-17-28-29(23(21)16-19)14-11-22-8-3-4-13-26-22/h1,3-11,13-17H,12H2,(H,27,31). The van der Waals surface area contributed by atoms with E-state index in [1.807, 2.05) is 30.3 Å². The maximum atomic E-state index is 13.1. The quantitative estimate of drug-likeness (QED) is 0.392. The lowest BCUT2D eigenvalue weighted by Crippen LogP contribution is -2.23. The summed E-state index contributed by atoms with van der Waals surface area (Å²) >= 11 is 0. The average Bonchev–Trinajstić information content (AvgIpc) is 3.23. The predicted octanol–water partition coefficient (Wildman–Crippen LogP) is 3.65. The van der Waals surface area contributed by atoms with Gasteiger partial charge in [-0.05, 0) is 36.4 Å². The lowest BCUT2D eigenvalue weighted by atomic mass is 10.0. The molecule has 2 aromatic carbocycles. The van der Waals surface area contributed by atoms with Crippen LogP contribution in [0.25, 0.3) is 23.2 Å². The van der Waals surface area contributed by atoms with Crippen molar-refractivity contribution < 1.29 is 9.59 Å². The van der Waals surface area contributed by atoms with Crippen molar-refractivity contribution in [3.8, 4) is 12.3 Å². The van der Waals surface area contributed by atoms with Crippen molar-refractivity contribution >= 4 is 34.9 Å². The number of hydrogen-bond donors (Lipinski definition) is 1. The van der Waals surface area contributed by atoms with E-state index < -0.39 is 0 Å². The van der Waals surface area contributed by atoms with Crippen molar-refractivity contribution in [3.05, 3.63) is 95.4 Å². The number of nitrogens with one attached hydrogen (secondary N) is 1. The third-order valence-electron chi connectivity index (χ3n) is 4.67. The number of aromatic nitrogens is 3. The van der Waals surface area contributed by atoms with Gasteiger partial charge in [0.1, 0.15) is 0 Å². The molecule has 0 aliphatic carbocycles. The Balaban J connectivity index is 1.63. The van der Waals surface area contributed by atoms with Gasteiger partial charge in [0.2, 0.25) is 0 Å². The number of fused-ring (bicyclic) bond motifs is 1. The second-order valence-electron chi connectivity index (χ2n) is 6.73. The SMILES string of the molecule is C#CCNC(=O)c1cccc(C(=O)c2ccc3cnn(C=Cc4ccccn4)c3c2)c1. The van der Waals surface area contributed by atoms with Crippen LogP contribution in [-0.2, 0) is 0 Å². The van der Waals surface area contributed by atoms with Crippen molar-refractivity contribution in [2.45, 2.75) is 0 Å². The second-order valence-corrected chi connectivity index (χ2v) is 6.73. The van der Waals surface area contributed by atoms with Crippen LogP contribution >= 0.6 is 0 Å². The van der Waals surface area contributed by atoms with Gasteiger partial charge in [-0.3, -0.25) is 14.6 Å². The molecule has 0 unspecified atom stereocenters. The number of ketones is 1. The lowest BCUT2D eigenvalue weighted by Gasteiger charge is -2.06. The fourth-order valence-electron chi connectivity index (χ4n) is 3.12. The van der Waals surface area contributed by atoms with Gasteiger partial charge in [0, 0.05) is 34.5 Å². The Labute approximate surface area is 179 Å². The normalized spacial score (nSPS) is 10.8. The Bertz CT molecular complexity index is 1330. The van der Waals surface area contributed by atoms with Crippen LogP contribution in [0, 0.1) is 12.3 Å². The van der Waals surface area contributed by atoms with Crippen molar-refractivity contribution in [1.29, 1.82) is 0 Å². The topological polar surface area (TPSA) is 76.9 Å². The van der Waals surface area contributed by atoms with Crippen molar-refractivity contribution in [1.82, 2.24) is 20.1 Å². The van der Waals surface area contributed by atoms with Crippen molar-refractivity contribution in [2.24, 2.45) is 0 Å². The van der Waals surface area contributed by atoms with E-state index in [4.69, 9.17) is 6.42 Å². The highest BCUT2D eigenvalue weighted by molar-refractivity contribution is 6.11. The number of hydrogen-bond acceptors (Lipinski definition) is 4. The monoisotopic (exact) mass is 406 g/mol. The highest BCUT2D eigenvalue weighted by Gasteiger charge is 2.14. The van der Waals surface area contributed by atoms with E-state index >= 15 is 0 Å². The molecule has 31 heavy (non-hydrogen) atoms. The van der Waals surface area contributed by atoms with Gasteiger partial charge < -0.3 is 5.32 Å². The third-order valence-corrected chi connectivity index (χ3v) is 4.67. The van der Waals surface area contributed by atoms with Crippen LogP contribution < -0.4 is 5.32 Å². The number of pyridine rings is 1. The highest BCUT2D eigenvalue weighted by atomic mass is 16.1. The first-order valence-corrected chi connectivity index (χ1v) is 9.58. The lowest BCUT2D eigenvalue weighted by molar-refractivity contribution is 0.0958. The molecule has 0 saturated carbocycles. The van der Waals surface area contributed by atoms with Gasteiger partial charge in [0.05, 0.1) is 24.0 Å². The average molecular weight is 406 g/mol. The molecule has 6 heteroatoms. The molecule has 0 bridgehead atoms. The van der Waals surface area contributed by atoms with E-state index in [1.165, 1.54) is 0 Å². The van der Waals surface area contributed by atoms with Crippen LogP contribution in [0.2, 0.25) is 0 Å². The summed E-state index contributed by atoms with van der Waals surface area (Å²) in [5, 5.41) is 7.88. The number of rotatable bonds is 6. The molecule has 2 aromatic heterocycles. The maximum Gasteiger partial charge on any atom is 0.252 e. The fraction of sp³-hybridized carbons (Fsp3) is 0.0400. The number of carbonyl (C=O) groups is 2. The molecule has 0 fully saturated rings. The summed E-state index contributed by atoms with van der Waals surface area (Å²) < 4.78 is 1.70. The predicted molar refractivity (Wildman–Crippen MR) is 120 cm³/mol. The second kappa shape index (κ2) is 8.89. The van der Waals surface area contributed by atoms with Gasteiger partial charge in [-0.25, -0.2) is 4.68 Å². The molecule has 4 rings (SSSR count). The molecule has 0 atom stereocenters. The molecule has 1 amide bonds. The Morgan fingerprint density at radius 1 is 1.03 bits per heavy atom. The zero-order valence-corrected chi connectivity index (χ0v) is 16.5. The number of carbonyl (C=O) groups excluding carboxylic acids is 2. The molecule has 150 valence electrons. The van der Waals surface area contributed by atoms with Gasteiger partial charge in [-0.15, -0.1) is 6.42 Å². The zero-order chi connectivity index (χ0) is 21.6. The summed E-state index contributed by atoms with van der Waals surface area (Å²) in [6.07, 6.45) is 12.3. The Kier molecular flexibility index (Phi) is 5.68. The van der Waals surface area contributed by atoms with E-state index in [1.54, 1.807) is 59.7 Å². The molecule has 2 heterocycles. The first kappa shape index (κ1) is 19.8. The number of benzene rings is 2. The van der Waals surface area contributed by atoms with Crippen LogP contribution in [0.15, 0.2) is 73.1 Å². The number of nitrogens with zero attached hydrogens (tertiary/aromatic N) is 3. The third kappa shape index (κ3) is 4.41. The number of amides is 1. The van der Waals surface area contributed by atoms with Crippen molar-refractivity contribution in [3.63, 3.8) is 0 Å². The molecule has 6 nitrogen and oxygen atoms in total. The Morgan fingerprint density at radius 2 is 1.87 bits per heavy atom. The summed E-state index contributed by atoms with van der Waals surface area (Å²) in [6.45, 7) is 0.129. The molecule has 0 saturated heterocycles. The van der Waals surface area contributed by atoms with E-state index in [9.17, 15) is 9.59 Å². The van der Waals surface area contributed by atoms with Gasteiger partial charge >= 0.3 is 0 Å². The summed E-state index contributed by atoms with van der Waals surface area (Å²) in [6, 6.07) is 17.6. The van der Waals surface area contributed by atoms with Crippen molar-refractivity contribution in [2.75, 3.05) is 6.54 Å². The minimum atomic E-state index is -0.319. The van der Waals surface area contributed by atoms with Crippen LogP contribution in [0.3, 0.4) is 0 Å². The van der Waals surface area contributed by atoms with Crippen LogP contribution in [0.1, 0.15) is 32.0 Å². The number of terminal acetylenes is 1. The summed E-state index contributed by atoms with van der Waals surface area (Å²) in [5.41, 5.74) is 2.90. The smallest absolute Gasteiger partial charge is 0.252 e. The summed E-state index contributed by atoms with van der Waals surface area (Å²) in [5.74, 6) is 1.85.